The molecule has 0 aliphatic carbocycles. The molecule has 0 aromatic heterocycles. The molecular formula is C4H4Br3F3. The first-order valence-corrected chi connectivity index (χ1v) is 5.02. The van der Waals surface area contributed by atoms with E-state index in [1.54, 1.807) is 0 Å². The lowest BCUT2D eigenvalue weighted by atomic mass is 10.3. The molecule has 0 saturated carbocycles. The predicted octanol–water partition coefficient (Wildman–Crippen LogP) is 3.82. The third-order valence-electron chi connectivity index (χ3n) is 0.823. The maximum Gasteiger partial charge on any atom is 0.413 e. The molecule has 0 heterocycles. The summed E-state index contributed by atoms with van der Waals surface area (Å²) in [6, 6.07) is 0. The highest BCUT2D eigenvalue weighted by Gasteiger charge is 2.50. The van der Waals surface area contributed by atoms with Crippen LogP contribution in [-0.4, -0.2) is 14.7 Å². The van der Waals surface area contributed by atoms with Gasteiger partial charge >= 0.3 is 6.18 Å². The third kappa shape index (κ3) is 3.09. The fourth-order valence-electron chi connectivity index (χ4n) is 0.260. The van der Waals surface area contributed by atoms with Gasteiger partial charge in [0.15, 0.2) is 3.23 Å². The van der Waals surface area contributed by atoms with E-state index >= 15 is 0 Å². The van der Waals surface area contributed by atoms with Crippen molar-refractivity contribution < 1.29 is 13.2 Å². The Balaban J connectivity index is 4.10. The molecule has 0 aliphatic heterocycles. The summed E-state index contributed by atoms with van der Waals surface area (Å²) in [6.07, 6.45) is -4.29. The zero-order valence-corrected chi connectivity index (χ0v) is 9.44. The van der Waals surface area contributed by atoms with Crippen molar-refractivity contribution in [3.63, 3.8) is 0 Å². The molecule has 0 atom stereocenters. The summed E-state index contributed by atoms with van der Waals surface area (Å²) in [5, 5.41) is 0.295. The fourth-order valence-corrected chi connectivity index (χ4v) is 2.32. The summed E-state index contributed by atoms with van der Waals surface area (Å²) in [4.78, 5) is 0. The second-order valence-corrected chi connectivity index (χ2v) is 6.21. The molecule has 0 radical (unpaired) electrons. The van der Waals surface area contributed by atoms with Crippen molar-refractivity contribution in [2.45, 2.75) is 15.8 Å². The average molecular weight is 349 g/mol. The Morgan fingerprint density at radius 2 is 1.50 bits per heavy atom. The van der Waals surface area contributed by atoms with E-state index < -0.39 is 9.41 Å². The van der Waals surface area contributed by atoms with Crippen LogP contribution >= 0.6 is 47.8 Å². The largest absolute Gasteiger partial charge is 0.413 e. The lowest BCUT2D eigenvalue weighted by Crippen LogP contribution is -2.33. The number of hydrogen-bond donors (Lipinski definition) is 0. The van der Waals surface area contributed by atoms with E-state index in [0.29, 0.717) is 5.33 Å². The highest BCUT2D eigenvalue weighted by Crippen LogP contribution is 2.45. The molecular weight excluding hydrogens is 345 g/mol. The van der Waals surface area contributed by atoms with E-state index in [4.69, 9.17) is 0 Å². The van der Waals surface area contributed by atoms with Crippen molar-refractivity contribution in [2.24, 2.45) is 0 Å². The first kappa shape index (κ1) is 11.2. The van der Waals surface area contributed by atoms with Gasteiger partial charge in [0.2, 0.25) is 0 Å². The van der Waals surface area contributed by atoms with Crippen molar-refractivity contribution in [1.82, 2.24) is 0 Å². The molecule has 0 amide bonds. The predicted molar refractivity (Wildman–Crippen MR) is 45.1 cm³/mol. The van der Waals surface area contributed by atoms with E-state index in [-0.39, 0.29) is 6.42 Å². The lowest BCUT2D eigenvalue weighted by Gasteiger charge is -2.22. The van der Waals surface area contributed by atoms with Gasteiger partial charge in [0.05, 0.1) is 0 Å². The van der Waals surface area contributed by atoms with Crippen molar-refractivity contribution in [2.75, 3.05) is 5.33 Å². The summed E-state index contributed by atoms with van der Waals surface area (Å²) in [6.45, 7) is 0. The van der Waals surface area contributed by atoms with E-state index in [1.807, 2.05) is 0 Å². The van der Waals surface area contributed by atoms with Crippen LogP contribution in [0.25, 0.3) is 0 Å². The second kappa shape index (κ2) is 3.76. The standard InChI is InChI=1S/C4H4Br3F3/c5-2-1-3(6,7)4(8,9)10/h1-2H2. The van der Waals surface area contributed by atoms with Crippen LogP contribution in [0, 0.1) is 0 Å². The van der Waals surface area contributed by atoms with Gasteiger partial charge in [-0.25, -0.2) is 0 Å². The van der Waals surface area contributed by atoms with Gasteiger partial charge in [-0.1, -0.05) is 47.8 Å². The molecule has 62 valence electrons. The Labute approximate surface area is 81.9 Å². The van der Waals surface area contributed by atoms with Gasteiger partial charge in [-0.05, 0) is 6.42 Å². The highest BCUT2D eigenvalue weighted by atomic mass is 79.9. The highest BCUT2D eigenvalue weighted by molar-refractivity contribution is 9.25. The van der Waals surface area contributed by atoms with Crippen LogP contribution in [0.3, 0.4) is 0 Å². The summed E-state index contributed by atoms with van der Waals surface area (Å²) < 4.78 is 33.8. The van der Waals surface area contributed by atoms with Gasteiger partial charge in [-0.2, -0.15) is 13.2 Å². The molecule has 6 heteroatoms. The molecule has 0 aromatic rings. The molecule has 0 spiro atoms. The molecule has 10 heavy (non-hydrogen) atoms. The van der Waals surface area contributed by atoms with E-state index in [2.05, 4.69) is 47.8 Å². The number of halogens is 6. The normalized spacial score (nSPS) is 13.8. The average Bonchev–Trinajstić information content (AvgIpc) is 1.61. The molecule has 0 fully saturated rings. The van der Waals surface area contributed by atoms with Gasteiger partial charge < -0.3 is 0 Å². The minimum Gasteiger partial charge on any atom is -0.168 e. The first-order chi connectivity index (χ1) is 4.31. The maximum absolute atomic E-state index is 11.9. The minimum absolute atomic E-state index is 0.0451. The number of hydrogen-bond acceptors (Lipinski definition) is 0. The van der Waals surface area contributed by atoms with Crippen molar-refractivity contribution in [3.05, 3.63) is 0 Å². The molecule has 0 bridgehead atoms. The Bertz CT molecular complexity index is 109. The topological polar surface area (TPSA) is 0 Å². The quantitative estimate of drug-likeness (QED) is 0.666. The molecule has 0 aromatic carbocycles. The van der Waals surface area contributed by atoms with Gasteiger partial charge in [-0.15, -0.1) is 0 Å². The second-order valence-electron chi connectivity index (χ2n) is 1.64. The van der Waals surface area contributed by atoms with Crippen LogP contribution in [0.1, 0.15) is 6.42 Å². The molecule has 0 N–H and O–H groups in total. The summed E-state index contributed by atoms with van der Waals surface area (Å²) >= 11 is 7.97. The van der Waals surface area contributed by atoms with Crippen molar-refractivity contribution in [3.8, 4) is 0 Å². The van der Waals surface area contributed by atoms with Crippen LogP contribution in [0.4, 0.5) is 13.2 Å². The summed E-state index contributed by atoms with van der Waals surface area (Å²) in [5.74, 6) is 0. The Morgan fingerprint density at radius 3 is 1.60 bits per heavy atom. The number of rotatable bonds is 2. The maximum atomic E-state index is 11.9. The van der Waals surface area contributed by atoms with Gasteiger partial charge in [0.1, 0.15) is 0 Å². The molecule has 0 saturated heterocycles. The zero-order valence-electron chi connectivity index (χ0n) is 4.68. The molecule has 0 unspecified atom stereocenters. The SMILES string of the molecule is FC(F)(F)C(Br)(Br)CCBr. The molecule has 0 nitrogen and oxygen atoms in total. The van der Waals surface area contributed by atoms with E-state index in [0.717, 1.165) is 0 Å². The third-order valence-corrected chi connectivity index (χ3v) is 2.91. The van der Waals surface area contributed by atoms with Crippen LogP contribution in [0.15, 0.2) is 0 Å². The van der Waals surface area contributed by atoms with Gasteiger partial charge in [0.25, 0.3) is 0 Å². The molecule has 0 aliphatic rings. The summed E-state index contributed by atoms with van der Waals surface area (Å²) in [7, 11) is 0. The number of alkyl halides is 6. The first-order valence-electron chi connectivity index (χ1n) is 2.32. The minimum atomic E-state index is -4.25. The zero-order chi connectivity index (χ0) is 8.41. The van der Waals surface area contributed by atoms with Crippen LogP contribution in [0.2, 0.25) is 0 Å². The Kier molecular flexibility index (Phi) is 4.22. The smallest absolute Gasteiger partial charge is 0.168 e. The Morgan fingerprint density at radius 1 is 1.10 bits per heavy atom. The van der Waals surface area contributed by atoms with Crippen LogP contribution < -0.4 is 0 Å². The fraction of sp³-hybridized carbons (Fsp3) is 1.00. The lowest BCUT2D eigenvalue weighted by molar-refractivity contribution is -0.134. The Hall–Kier alpha value is 1.23. The summed E-state index contributed by atoms with van der Waals surface area (Å²) in [5.41, 5.74) is 0. The van der Waals surface area contributed by atoms with E-state index in [1.165, 1.54) is 0 Å². The van der Waals surface area contributed by atoms with E-state index in [9.17, 15) is 13.2 Å². The monoisotopic (exact) mass is 346 g/mol. The van der Waals surface area contributed by atoms with Crippen molar-refractivity contribution >= 4 is 47.8 Å². The van der Waals surface area contributed by atoms with Crippen LogP contribution in [0.5, 0.6) is 0 Å². The van der Waals surface area contributed by atoms with Gasteiger partial charge in [-0.3, -0.25) is 0 Å². The van der Waals surface area contributed by atoms with Crippen molar-refractivity contribution in [1.29, 1.82) is 0 Å². The van der Waals surface area contributed by atoms with Crippen LogP contribution in [-0.2, 0) is 0 Å². The van der Waals surface area contributed by atoms with Gasteiger partial charge in [0, 0.05) is 5.33 Å². The molecule has 0 rings (SSSR count).